The highest BCUT2D eigenvalue weighted by molar-refractivity contribution is 7.86. The SMILES string of the molecule is CC(C#N)S(=O)c1ccc(Cl)c(Cl)c1. The molecule has 0 aliphatic rings. The topological polar surface area (TPSA) is 40.9 Å². The Bertz CT molecular complexity index is 414. The van der Waals surface area contributed by atoms with Crippen LogP contribution in [0.15, 0.2) is 23.1 Å². The molecule has 2 nitrogen and oxygen atoms in total. The molecule has 1 aromatic rings. The number of hydrogen-bond donors (Lipinski definition) is 0. The Balaban J connectivity index is 3.04. The van der Waals surface area contributed by atoms with Crippen LogP contribution < -0.4 is 0 Å². The fraction of sp³-hybridized carbons (Fsp3) is 0.222. The van der Waals surface area contributed by atoms with Gasteiger partial charge in [-0.1, -0.05) is 23.2 Å². The molecule has 1 rings (SSSR count). The monoisotopic (exact) mass is 247 g/mol. The molecule has 2 atom stereocenters. The zero-order valence-electron chi connectivity index (χ0n) is 7.33. The molecule has 0 fully saturated rings. The van der Waals surface area contributed by atoms with Crippen LogP contribution in [0.2, 0.25) is 10.0 Å². The van der Waals surface area contributed by atoms with Gasteiger partial charge in [0.15, 0.2) is 0 Å². The third-order valence-electron chi connectivity index (χ3n) is 1.63. The van der Waals surface area contributed by atoms with E-state index in [0.29, 0.717) is 14.9 Å². The van der Waals surface area contributed by atoms with Crippen molar-refractivity contribution in [3.05, 3.63) is 28.2 Å². The Kier molecular flexibility index (Phi) is 3.94. The minimum Gasteiger partial charge on any atom is -0.253 e. The maximum Gasteiger partial charge on any atom is 0.123 e. The van der Waals surface area contributed by atoms with Gasteiger partial charge in [0.2, 0.25) is 0 Å². The Morgan fingerprint density at radius 3 is 2.57 bits per heavy atom. The van der Waals surface area contributed by atoms with Crippen molar-refractivity contribution in [1.82, 2.24) is 0 Å². The van der Waals surface area contributed by atoms with Crippen LogP contribution in [0, 0.1) is 11.3 Å². The highest BCUT2D eigenvalue weighted by Crippen LogP contribution is 2.24. The fourth-order valence-electron chi connectivity index (χ4n) is 0.854. The molecule has 0 aliphatic heterocycles. The van der Waals surface area contributed by atoms with E-state index in [0.717, 1.165) is 0 Å². The summed E-state index contributed by atoms with van der Waals surface area (Å²) >= 11 is 11.5. The fourth-order valence-corrected chi connectivity index (χ4v) is 2.16. The van der Waals surface area contributed by atoms with Crippen LogP contribution in [-0.2, 0) is 10.8 Å². The first-order valence-corrected chi connectivity index (χ1v) is 5.78. The highest BCUT2D eigenvalue weighted by Gasteiger charge is 2.13. The van der Waals surface area contributed by atoms with Crippen LogP contribution in [-0.4, -0.2) is 9.46 Å². The van der Waals surface area contributed by atoms with Crippen LogP contribution in [0.1, 0.15) is 6.92 Å². The van der Waals surface area contributed by atoms with E-state index in [1.807, 2.05) is 6.07 Å². The molecule has 0 saturated carbocycles. The lowest BCUT2D eigenvalue weighted by Crippen LogP contribution is -2.07. The lowest BCUT2D eigenvalue weighted by atomic mass is 10.4. The summed E-state index contributed by atoms with van der Waals surface area (Å²) in [5.41, 5.74) is 0. The molecule has 2 unspecified atom stereocenters. The maximum atomic E-state index is 11.6. The molecule has 14 heavy (non-hydrogen) atoms. The summed E-state index contributed by atoms with van der Waals surface area (Å²) in [5.74, 6) is 0. The molecule has 5 heteroatoms. The quantitative estimate of drug-likeness (QED) is 0.807. The van der Waals surface area contributed by atoms with Gasteiger partial charge in [0.1, 0.15) is 5.25 Å². The molecule has 0 N–H and O–H groups in total. The van der Waals surface area contributed by atoms with Crippen molar-refractivity contribution in [2.45, 2.75) is 17.1 Å². The Morgan fingerprint density at radius 1 is 1.43 bits per heavy atom. The lowest BCUT2D eigenvalue weighted by molar-refractivity contribution is 0.680. The van der Waals surface area contributed by atoms with E-state index < -0.39 is 16.0 Å². The average molecular weight is 248 g/mol. The smallest absolute Gasteiger partial charge is 0.123 e. The first kappa shape index (κ1) is 11.5. The summed E-state index contributed by atoms with van der Waals surface area (Å²) in [6.07, 6.45) is 0. The number of benzene rings is 1. The Morgan fingerprint density at radius 2 is 2.07 bits per heavy atom. The van der Waals surface area contributed by atoms with Gasteiger partial charge in [0, 0.05) is 4.90 Å². The van der Waals surface area contributed by atoms with Crippen LogP contribution in [0.25, 0.3) is 0 Å². The van der Waals surface area contributed by atoms with E-state index >= 15 is 0 Å². The summed E-state index contributed by atoms with van der Waals surface area (Å²) < 4.78 is 11.6. The highest BCUT2D eigenvalue weighted by atomic mass is 35.5. The molecule has 74 valence electrons. The van der Waals surface area contributed by atoms with E-state index in [1.165, 1.54) is 6.07 Å². The predicted octanol–water partition coefficient (Wildman–Crippen LogP) is 3.01. The van der Waals surface area contributed by atoms with Crippen molar-refractivity contribution in [2.24, 2.45) is 0 Å². The van der Waals surface area contributed by atoms with E-state index in [4.69, 9.17) is 28.5 Å². The average Bonchev–Trinajstić information content (AvgIpc) is 2.20. The van der Waals surface area contributed by atoms with Gasteiger partial charge in [-0.3, -0.25) is 4.21 Å². The minimum absolute atomic E-state index is 0.350. The molecular weight excluding hydrogens is 241 g/mol. The molecule has 0 amide bonds. The Hall–Kier alpha value is -0.560. The molecule has 0 aliphatic carbocycles. The van der Waals surface area contributed by atoms with Crippen molar-refractivity contribution in [3.8, 4) is 6.07 Å². The first-order chi connectivity index (χ1) is 6.56. The number of rotatable bonds is 2. The number of nitrogens with zero attached hydrogens (tertiary/aromatic N) is 1. The molecule has 0 bridgehead atoms. The third-order valence-corrected chi connectivity index (χ3v) is 3.83. The number of nitriles is 1. The second-order valence-corrected chi connectivity index (χ2v) is 5.23. The van der Waals surface area contributed by atoms with Crippen molar-refractivity contribution in [3.63, 3.8) is 0 Å². The van der Waals surface area contributed by atoms with E-state index in [1.54, 1.807) is 19.1 Å². The van der Waals surface area contributed by atoms with Gasteiger partial charge in [0.05, 0.1) is 26.9 Å². The summed E-state index contributed by atoms with van der Waals surface area (Å²) in [4.78, 5) is 0.522. The van der Waals surface area contributed by atoms with E-state index in [-0.39, 0.29) is 0 Å². The van der Waals surface area contributed by atoms with Gasteiger partial charge in [-0.25, -0.2) is 0 Å². The normalized spacial score (nSPS) is 14.4. The van der Waals surface area contributed by atoms with Crippen molar-refractivity contribution in [1.29, 1.82) is 5.26 Å². The first-order valence-electron chi connectivity index (χ1n) is 3.81. The predicted molar refractivity (Wildman–Crippen MR) is 57.9 cm³/mol. The second kappa shape index (κ2) is 4.79. The van der Waals surface area contributed by atoms with Crippen molar-refractivity contribution < 1.29 is 4.21 Å². The van der Waals surface area contributed by atoms with Gasteiger partial charge in [-0.15, -0.1) is 0 Å². The van der Waals surface area contributed by atoms with Crippen LogP contribution in [0.3, 0.4) is 0 Å². The van der Waals surface area contributed by atoms with E-state index in [9.17, 15) is 4.21 Å². The standard InChI is InChI=1S/C9H7Cl2NOS/c1-6(5-12)14(13)7-2-3-8(10)9(11)4-7/h2-4,6H,1H3. The molecule has 1 aromatic carbocycles. The molecular formula is C9H7Cl2NOS. The van der Waals surface area contributed by atoms with Crippen molar-refractivity contribution in [2.75, 3.05) is 0 Å². The van der Waals surface area contributed by atoms with Gasteiger partial charge in [0.25, 0.3) is 0 Å². The number of halogens is 2. The summed E-state index contributed by atoms with van der Waals surface area (Å²) in [6.45, 7) is 1.60. The van der Waals surface area contributed by atoms with Crippen LogP contribution in [0.4, 0.5) is 0 Å². The maximum absolute atomic E-state index is 11.6. The number of hydrogen-bond acceptors (Lipinski definition) is 2. The molecule has 0 radical (unpaired) electrons. The molecule has 0 heterocycles. The Labute approximate surface area is 94.9 Å². The van der Waals surface area contributed by atoms with Gasteiger partial charge < -0.3 is 0 Å². The minimum atomic E-state index is -1.35. The molecule has 0 saturated heterocycles. The summed E-state index contributed by atoms with van der Waals surface area (Å²) in [5, 5.41) is 8.80. The zero-order valence-corrected chi connectivity index (χ0v) is 9.66. The van der Waals surface area contributed by atoms with Gasteiger partial charge in [-0.2, -0.15) is 5.26 Å². The van der Waals surface area contributed by atoms with Gasteiger partial charge in [-0.05, 0) is 25.1 Å². The zero-order chi connectivity index (χ0) is 10.7. The second-order valence-electron chi connectivity index (χ2n) is 2.64. The summed E-state index contributed by atoms with van der Waals surface area (Å²) in [7, 11) is -1.35. The van der Waals surface area contributed by atoms with Gasteiger partial charge >= 0.3 is 0 Å². The van der Waals surface area contributed by atoms with Crippen LogP contribution in [0.5, 0.6) is 0 Å². The lowest BCUT2D eigenvalue weighted by Gasteiger charge is -2.04. The van der Waals surface area contributed by atoms with Crippen LogP contribution >= 0.6 is 23.2 Å². The molecule has 0 spiro atoms. The van der Waals surface area contributed by atoms with E-state index in [2.05, 4.69) is 0 Å². The largest absolute Gasteiger partial charge is 0.253 e. The van der Waals surface area contributed by atoms with Crippen molar-refractivity contribution >= 4 is 34.0 Å². The third kappa shape index (κ3) is 2.48. The summed E-state index contributed by atoms with van der Waals surface area (Å²) in [6, 6.07) is 6.62. The molecule has 0 aromatic heterocycles.